The zero-order valence-corrected chi connectivity index (χ0v) is 6.49. The number of nitrogens with one attached hydrogen (secondary N) is 1. The molecule has 0 bridgehead atoms. The monoisotopic (exact) mass is 165 g/mol. The van der Waals surface area contributed by atoms with Crippen LogP contribution in [0.5, 0.6) is 0 Å². The van der Waals surface area contributed by atoms with E-state index in [-0.39, 0.29) is 9.90 Å². The fourth-order valence-electron chi connectivity index (χ4n) is 0.556. The summed E-state index contributed by atoms with van der Waals surface area (Å²) < 4.78 is 0. The fraction of sp³-hybridized carbons (Fsp3) is 0.500. The second kappa shape index (κ2) is 3.05. The predicted octanol–water partition coefficient (Wildman–Crippen LogP) is -2.58. The largest absolute Gasteiger partial charge is 0.380 e. The average molecular weight is 165 g/mol. The van der Waals surface area contributed by atoms with Crippen molar-refractivity contribution < 1.29 is 19.8 Å². The molecule has 10 heavy (non-hydrogen) atoms. The molecule has 0 spiro atoms. The van der Waals surface area contributed by atoms with Crippen LogP contribution in [0.15, 0.2) is 0 Å². The van der Waals surface area contributed by atoms with Crippen molar-refractivity contribution in [3.8, 4) is 0 Å². The molecule has 0 aliphatic carbocycles. The van der Waals surface area contributed by atoms with Gasteiger partial charge in [0.2, 0.25) is 0 Å². The van der Waals surface area contributed by atoms with Crippen LogP contribution in [-0.2, 0) is 9.59 Å². The molecule has 58 valence electrons. The van der Waals surface area contributed by atoms with Gasteiger partial charge in [-0.2, -0.15) is 9.90 Å². The van der Waals surface area contributed by atoms with Crippen LogP contribution in [0.2, 0.25) is 0 Å². The highest BCUT2D eigenvalue weighted by Gasteiger charge is 2.38. The molecule has 3 unspecified atom stereocenters. The third kappa shape index (κ3) is 1.31. The van der Waals surface area contributed by atoms with E-state index in [9.17, 15) is 9.59 Å². The van der Waals surface area contributed by atoms with Gasteiger partial charge in [0, 0.05) is 0 Å². The van der Waals surface area contributed by atoms with Crippen LogP contribution in [0.25, 0.3) is 0 Å². The quantitative estimate of drug-likeness (QED) is 0.272. The Morgan fingerprint density at radius 2 is 1.40 bits per heavy atom. The SMILES string of the molecule is O=C1NC(=O)C(O)C1O.P. The van der Waals surface area contributed by atoms with E-state index < -0.39 is 24.0 Å². The van der Waals surface area contributed by atoms with Crippen LogP contribution in [0.3, 0.4) is 0 Å². The molecule has 3 atom stereocenters. The van der Waals surface area contributed by atoms with Crippen molar-refractivity contribution in [1.29, 1.82) is 0 Å². The van der Waals surface area contributed by atoms with E-state index >= 15 is 0 Å². The first kappa shape index (κ1) is 9.49. The number of carbonyl (C=O) groups is 2. The number of hydrogen-bond acceptors (Lipinski definition) is 4. The van der Waals surface area contributed by atoms with Gasteiger partial charge in [0.05, 0.1) is 0 Å². The van der Waals surface area contributed by atoms with E-state index in [2.05, 4.69) is 0 Å². The van der Waals surface area contributed by atoms with Crippen molar-refractivity contribution in [3.05, 3.63) is 0 Å². The van der Waals surface area contributed by atoms with Gasteiger partial charge in [-0.3, -0.25) is 14.9 Å². The first-order chi connectivity index (χ1) is 4.13. The maximum absolute atomic E-state index is 10.3. The number of imide groups is 1. The van der Waals surface area contributed by atoms with Gasteiger partial charge in [-0.1, -0.05) is 0 Å². The molecule has 0 radical (unpaired) electrons. The van der Waals surface area contributed by atoms with E-state index in [4.69, 9.17) is 10.2 Å². The van der Waals surface area contributed by atoms with Crippen molar-refractivity contribution in [3.63, 3.8) is 0 Å². The van der Waals surface area contributed by atoms with Crippen LogP contribution in [0.1, 0.15) is 0 Å². The number of carbonyl (C=O) groups excluding carboxylic acids is 2. The van der Waals surface area contributed by atoms with Crippen LogP contribution < -0.4 is 5.32 Å². The summed E-state index contributed by atoms with van der Waals surface area (Å²) in [6.07, 6.45) is -3.17. The normalized spacial score (nSPS) is 31.4. The van der Waals surface area contributed by atoms with E-state index in [1.807, 2.05) is 0 Å². The van der Waals surface area contributed by atoms with Crippen molar-refractivity contribution in [2.24, 2.45) is 0 Å². The Labute approximate surface area is 60.0 Å². The molecule has 0 aromatic carbocycles. The third-order valence-corrected chi connectivity index (χ3v) is 1.08. The van der Waals surface area contributed by atoms with Crippen molar-refractivity contribution in [1.82, 2.24) is 5.32 Å². The van der Waals surface area contributed by atoms with Crippen LogP contribution in [0.4, 0.5) is 0 Å². The summed E-state index contributed by atoms with van der Waals surface area (Å²) in [5.41, 5.74) is 0. The van der Waals surface area contributed by atoms with E-state index in [0.717, 1.165) is 0 Å². The minimum absolute atomic E-state index is 0. The lowest BCUT2D eigenvalue weighted by molar-refractivity contribution is -0.129. The van der Waals surface area contributed by atoms with Gasteiger partial charge in [0.25, 0.3) is 11.8 Å². The second-order valence-corrected chi connectivity index (χ2v) is 1.74. The first-order valence-electron chi connectivity index (χ1n) is 2.34. The Balaban J connectivity index is 0.000000810. The molecule has 1 fully saturated rings. The lowest BCUT2D eigenvalue weighted by Gasteiger charge is -1.97. The molecule has 1 aliphatic heterocycles. The highest BCUT2D eigenvalue weighted by Crippen LogP contribution is 2.00. The van der Waals surface area contributed by atoms with Crippen molar-refractivity contribution in [2.45, 2.75) is 12.2 Å². The molecule has 2 amide bonds. The average Bonchev–Trinajstić information content (AvgIpc) is 1.98. The lowest BCUT2D eigenvalue weighted by atomic mass is 10.2. The molecule has 1 saturated heterocycles. The summed E-state index contributed by atoms with van der Waals surface area (Å²) in [7, 11) is 0. The smallest absolute Gasteiger partial charge is 0.258 e. The Morgan fingerprint density at radius 3 is 1.50 bits per heavy atom. The number of amides is 2. The lowest BCUT2D eigenvalue weighted by Crippen LogP contribution is -2.27. The van der Waals surface area contributed by atoms with Gasteiger partial charge in [-0.15, -0.1) is 0 Å². The van der Waals surface area contributed by atoms with Gasteiger partial charge < -0.3 is 10.2 Å². The number of aliphatic hydroxyl groups is 2. The number of rotatable bonds is 0. The fourth-order valence-corrected chi connectivity index (χ4v) is 0.556. The molecule has 1 heterocycles. The Hall–Kier alpha value is -0.510. The standard InChI is InChI=1S/C4H5NO4.H3P/c6-1-2(7)4(9)5-3(1)8;/h1-2,6-7H,(H,5,8,9);1H3. The minimum atomic E-state index is -1.59. The second-order valence-electron chi connectivity index (χ2n) is 1.74. The van der Waals surface area contributed by atoms with E-state index in [0.29, 0.717) is 0 Å². The molecule has 1 aliphatic rings. The van der Waals surface area contributed by atoms with Gasteiger partial charge in [0.15, 0.2) is 12.2 Å². The third-order valence-electron chi connectivity index (χ3n) is 1.08. The first-order valence-corrected chi connectivity index (χ1v) is 2.34. The molecule has 6 heteroatoms. The zero-order chi connectivity index (χ0) is 7.02. The van der Waals surface area contributed by atoms with Crippen molar-refractivity contribution >= 4 is 21.7 Å². The van der Waals surface area contributed by atoms with Gasteiger partial charge in [-0.25, -0.2) is 0 Å². The Morgan fingerprint density at radius 1 is 1.10 bits per heavy atom. The molecular formula is C4H8NO4P. The summed E-state index contributed by atoms with van der Waals surface area (Å²) in [5.74, 6) is -1.68. The zero-order valence-electron chi connectivity index (χ0n) is 5.07. The molecular weight excluding hydrogens is 157 g/mol. The molecule has 1 rings (SSSR count). The molecule has 3 N–H and O–H groups in total. The maximum atomic E-state index is 10.3. The molecule has 0 aromatic rings. The van der Waals surface area contributed by atoms with Crippen molar-refractivity contribution in [2.75, 3.05) is 0 Å². The highest BCUT2D eigenvalue weighted by molar-refractivity contribution is 6.92. The Bertz CT molecular complexity index is 153. The summed E-state index contributed by atoms with van der Waals surface area (Å²) in [5, 5.41) is 18.8. The summed E-state index contributed by atoms with van der Waals surface area (Å²) in [4.78, 5) is 20.5. The molecule has 0 aromatic heterocycles. The summed E-state index contributed by atoms with van der Waals surface area (Å²) in [6.45, 7) is 0. The van der Waals surface area contributed by atoms with Crippen LogP contribution >= 0.6 is 9.90 Å². The summed E-state index contributed by atoms with van der Waals surface area (Å²) >= 11 is 0. The van der Waals surface area contributed by atoms with Gasteiger partial charge in [-0.05, 0) is 0 Å². The molecule has 5 nitrogen and oxygen atoms in total. The van der Waals surface area contributed by atoms with E-state index in [1.54, 1.807) is 5.32 Å². The Kier molecular flexibility index (Phi) is 2.90. The van der Waals surface area contributed by atoms with Gasteiger partial charge >= 0.3 is 0 Å². The number of aliphatic hydroxyl groups excluding tert-OH is 2. The number of hydrogen-bond donors (Lipinski definition) is 3. The highest BCUT2D eigenvalue weighted by atomic mass is 31.0. The van der Waals surface area contributed by atoms with Gasteiger partial charge in [0.1, 0.15) is 0 Å². The molecule has 0 saturated carbocycles. The summed E-state index contributed by atoms with van der Waals surface area (Å²) in [6, 6.07) is 0. The predicted molar refractivity (Wildman–Crippen MR) is 36.3 cm³/mol. The topological polar surface area (TPSA) is 86.6 Å². The van der Waals surface area contributed by atoms with Crippen LogP contribution in [0, 0.1) is 0 Å². The minimum Gasteiger partial charge on any atom is -0.380 e. The maximum Gasteiger partial charge on any atom is 0.258 e. The van der Waals surface area contributed by atoms with E-state index in [1.165, 1.54) is 0 Å². The van der Waals surface area contributed by atoms with Crippen LogP contribution in [-0.4, -0.2) is 34.2 Å².